The lowest BCUT2D eigenvalue weighted by molar-refractivity contribution is 0.430. The Morgan fingerprint density at radius 2 is 1.76 bits per heavy atom. The average molecular weight is 227 g/mol. The van der Waals surface area contributed by atoms with Crippen LogP contribution in [0.25, 0.3) is 10.9 Å². The van der Waals surface area contributed by atoms with Crippen molar-refractivity contribution in [2.24, 2.45) is 0 Å². The molecule has 1 aliphatic carbocycles. The van der Waals surface area contributed by atoms with Crippen molar-refractivity contribution >= 4 is 16.7 Å². The van der Waals surface area contributed by atoms with Gasteiger partial charge >= 0.3 is 0 Å². The van der Waals surface area contributed by atoms with Crippen molar-refractivity contribution in [3.05, 3.63) is 30.1 Å². The first-order valence-electron chi connectivity index (χ1n) is 6.37. The highest BCUT2D eigenvalue weighted by Crippen LogP contribution is 2.32. The quantitative estimate of drug-likeness (QED) is 0.813. The van der Waals surface area contributed by atoms with Crippen molar-refractivity contribution in [2.45, 2.75) is 38.0 Å². The van der Waals surface area contributed by atoms with Gasteiger partial charge in [0, 0.05) is 11.3 Å². The molecule has 3 nitrogen and oxygen atoms in total. The van der Waals surface area contributed by atoms with Gasteiger partial charge in [-0.2, -0.15) is 0 Å². The topological polar surface area (TPSA) is 51.8 Å². The van der Waals surface area contributed by atoms with Crippen LogP contribution in [0.4, 0.5) is 5.82 Å². The van der Waals surface area contributed by atoms with Crippen LogP contribution in [0.5, 0.6) is 0 Å². The van der Waals surface area contributed by atoms with Crippen LogP contribution >= 0.6 is 0 Å². The molecule has 0 amide bonds. The molecular formula is C14H17N3. The number of rotatable bonds is 1. The largest absolute Gasteiger partial charge is 0.383 e. The Hall–Kier alpha value is -1.64. The molecule has 2 aromatic rings. The highest BCUT2D eigenvalue weighted by molar-refractivity contribution is 5.87. The second-order valence-electron chi connectivity index (χ2n) is 4.82. The van der Waals surface area contributed by atoms with Gasteiger partial charge in [0.25, 0.3) is 0 Å². The van der Waals surface area contributed by atoms with Crippen molar-refractivity contribution in [3.63, 3.8) is 0 Å². The summed E-state index contributed by atoms with van der Waals surface area (Å²) in [6, 6.07) is 7.97. The van der Waals surface area contributed by atoms with Crippen molar-refractivity contribution in [1.29, 1.82) is 0 Å². The van der Waals surface area contributed by atoms with Gasteiger partial charge in [-0.15, -0.1) is 0 Å². The molecule has 1 aromatic carbocycles. The van der Waals surface area contributed by atoms with Crippen LogP contribution in [-0.4, -0.2) is 9.97 Å². The number of anilines is 1. The number of benzene rings is 1. The van der Waals surface area contributed by atoms with E-state index in [1.54, 1.807) is 0 Å². The summed E-state index contributed by atoms with van der Waals surface area (Å²) >= 11 is 0. The number of nitrogens with zero attached hydrogens (tertiary/aromatic N) is 2. The first-order valence-corrected chi connectivity index (χ1v) is 6.37. The Morgan fingerprint density at radius 1 is 1.00 bits per heavy atom. The van der Waals surface area contributed by atoms with Gasteiger partial charge in [-0.3, -0.25) is 0 Å². The normalized spacial score (nSPS) is 17.4. The summed E-state index contributed by atoms with van der Waals surface area (Å²) < 4.78 is 0. The summed E-state index contributed by atoms with van der Waals surface area (Å²) in [7, 11) is 0. The minimum absolute atomic E-state index is 0.510. The van der Waals surface area contributed by atoms with Crippen LogP contribution in [0.15, 0.2) is 24.3 Å². The molecule has 0 unspecified atom stereocenters. The lowest BCUT2D eigenvalue weighted by Crippen LogP contribution is -2.10. The third kappa shape index (κ3) is 1.97. The van der Waals surface area contributed by atoms with Crippen molar-refractivity contribution in [1.82, 2.24) is 9.97 Å². The fourth-order valence-corrected chi connectivity index (χ4v) is 2.66. The minimum Gasteiger partial charge on any atom is -0.383 e. The minimum atomic E-state index is 0.510. The van der Waals surface area contributed by atoms with Gasteiger partial charge in [0.2, 0.25) is 0 Å². The average Bonchev–Trinajstić information content (AvgIpc) is 2.40. The van der Waals surface area contributed by atoms with E-state index in [1.165, 1.54) is 32.1 Å². The van der Waals surface area contributed by atoms with E-state index in [0.29, 0.717) is 11.7 Å². The first kappa shape index (κ1) is 10.5. The van der Waals surface area contributed by atoms with Crippen LogP contribution in [-0.2, 0) is 0 Å². The number of hydrogen-bond donors (Lipinski definition) is 1. The van der Waals surface area contributed by atoms with E-state index in [4.69, 9.17) is 5.73 Å². The highest BCUT2D eigenvalue weighted by Gasteiger charge is 2.19. The number of hydrogen-bond acceptors (Lipinski definition) is 3. The maximum absolute atomic E-state index is 6.01. The van der Waals surface area contributed by atoms with Crippen molar-refractivity contribution in [2.75, 3.05) is 5.73 Å². The molecule has 17 heavy (non-hydrogen) atoms. The maximum atomic E-state index is 6.01. The van der Waals surface area contributed by atoms with Crippen molar-refractivity contribution < 1.29 is 0 Å². The molecule has 0 aliphatic heterocycles. The van der Waals surface area contributed by atoms with Crippen LogP contribution in [0.1, 0.15) is 43.8 Å². The van der Waals surface area contributed by atoms with Gasteiger partial charge in [0.1, 0.15) is 11.6 Å². The van der Waals surface area contributed by atoms with Crippen LogP contribution in [0.3, 0.4) is 0 Å². The van der Waals surface area contributed by atoms with Crippen molar-refractivity contribution in [3.8, 4) is 0 Å². The molecule has 1 fully saturated rings. The van der Waals surface area contributed by atoms with E-state index < -0.39 is 0 Å². The summed E-state index contributed by atoms with van der Waals surface area (Å²) in [6.07, 6.45) is 6.34. The predicted molar refractivity (Wildman–Crippen MR) is 69.8 cm³/mol. The molecule has 0 saturated heterocycles. The zero-order valence-corrected chi connectivity index (χ0v) is 9.89. The molecule has 0 atom stereocenters. The molecule has 1 aliphatic rings. The van der Waals surface area contributed by atoms with Gasteiger partial charge in [-0.25, -0.2) is 9.97 Å². The zero-order chi connectivity index (χ0) is 11.7. The smallest absolute Gasteiger partial charge is 0.135 e. The summed E-state index contributed by atoms with van der Waals surface area (Å²) in [5.41, 5.74) is 6.99. The third-order valence-corrected chi connectivity index (χ3v) is 3.62. The van der Waals surface area contributed by atoms with Gasteiger partial charge in [0.05, 0.1) is 5.52 Å². The van der Waals surface area contributed by atoms with E-state index >= 15 is 0 Å². The number of fused-ring (bicyclic) bond motifs is 1. The molecular weight excluding hydrogens is 210 g/mol. The maximum Gasteiger partial charge on any atom is 0.135 e. The number of nitrogens with two attached hydrogens (primary N) is 1. The summed E-state index contributed by atoms with van der Waals surface area (Å²) in [6.45, 7) is 0. The van der Waals surface area contributed by atoms with E-state index in [-0.39, 0.29) is 0 Å². The SMILES string of the molecule is Nc1nc(C2CCCCC2)nc2ccccc12. The van der Waals surface area contributed by atoms with Crippen LogP contribution in [0.2, 0.25) is 0 Å². The molecule has 0 radical (unpaired) electrons. The Morgan fingerprint density at radius 3 is 2.59 bits per heavy atom. The molecule has 1 aromatic heterocycles. The number of aromatic nitrogens is 2. The standard InChI is InChI=1S/C14H17N3/c15-13-11-8-4-5-9-12(11)16-14(17-13)10-6-2-1-3-7-10/h4-5,8-10H,1-3,6-7H2,(H2,15,16,17). The summed E-state index contributed by atoms with van der Waals surface area (Å²) in [5.74, 6) is 2.08. The Balaban J connectivity index is 2.05. The monoisotopic (exact) mass is 227 g/mol. The van der Waals surface area contributed by atoms with E-state index in [9.17, 15) is 0 Å². The molecule has 1 saturated carbocycles. The number of para-hydroxylation sites is 1. The lowest BCUT2D eigenvalue weighted by atomic mass is 9.88. The molecule has 3 rings (SSSR count). The Labute approximate surface area is 101 Å². The zero-order valence-electron chi connectivity index (χ0n) is 9.89. The summed E-state index contributed by atoms with van der Waals surface area (Å²) in [5, 5.41) is 0.965. The molecule has 88 valence electrons. The fraction of sp³-hybridized carbons (Fsp3) is 0.429. The summed E-state index contributed by atoms with van der Waals surface area (Å²) in [4.78, 5) is 9.16. The molecule has 1 heterocycles. The number of nitrogen functional groups attached to an aromatic ring is 1. The Bertz CT molecular complexity index is 530. The molecule has 0 spiro atoms. The fourth-order valence-electron chi connectivity index (χ4n) is 2.66. The lowest BCUT2D eigenvalue weighted by Gasteiger charge is -2.20. The third-order valence-electron chi connectivity index (χ3n) is 3.62. The second-order valence-corrected chi connectivity index (χ2v) is 4.82. The van der Waals surface area contributed by atoms with Gasteiger partial charge in [-0.1, -0.05) is 31.4 Å². The highest BCUT2D eigenvalue weighted by atomic mass is 15.0. The van der Waals surface area contributed by atoms with Gasteiger partial charge in [0.15, 0.2) is 0 Å². The first-order chi connectivity index (χ1) is 8.34. The van der Waals surface area contributed by atoms with Crippen LogP contribution in [0, 0.1) is 0 Å². The molecule has 0 bridgehead atoms. The van der Waals surface area contributed by atoms with Gasteiger partial charge in [-0.05, 0) is 25.0 Å². The Kier molecular flexibility index (Phi) is 2.67. The molecule has 2 N–H and O–H groups in total. The van der Waals surface area contributed by atoms with E-state index in [1.807, 2.05) is 24.3 Å². The predicted octanol–water partition coefficient (Wildman–Crippen LogP) is 3.26. The van der Waals surface area contributed by atoms with Crippen LogP contribution < -0.4 is 5.73 Å². The van der Waals surface area contributed by atoms with E-state index in [0.717, 1.165) is 16.7 Å². The molecule has 3 heteroatoms. The second kappa shape index (κ2) is 4.32. The van der Waals surface area contributed by atoms with E-state index in [2.05, 4.69) is 9.97 Å². The van der Waals surface area contributed by atoms with Gasteiger partial charge < -0.3 is 5.73 Å².